The molecule has 84 valence electrons. The van der Waals surface area contributed by atoms with Crippen LogP contribution in [0.3, 0.4) is 0 Å². The smallest absolute Gasteiger partial charge is 0.145 e. The van der Waals surface area contributed by atoms with Gasteiger partial charge in [0.15, 0.2) is 0 Å². The summed E-state index contributed by atoms with van der Waals surface area (Å²) in [6.07, 6.45) is 2.62. The molecule has 0 bridgehead atoms. The summed E-state index contributed by atoms with van der Waals surface area (Å²) in [6, 6.07) is 1.81. The lowest BCUT2D eigenvalue weighted by Gasteiger charge is -2.28. The van der Waals surface area contributed by atoms with Crippen molar-refractivity contribution in [1.82, 2.24) is 4.98 Å². The van der Waals surface area contributed by atoms with E-state index in [0.29, 0.717) is 17.4 Å². The fourth-order valence-corrected chi connectivity index (χ4v) is 1.75. The second-order valence-electron chi connectivity index (χ2n) is 3.73. The highest BCUT2D eigenvalue weighted by atomic mass is 79.9. The van der Waals surface area contributed by atoms with Crippen LogP contribution < -0.4 is 11.1 Å². The number of anilines is 1. The van der Waals surface area contributed by atoms with Gasteiger partial charge in [-0.15, -0.1) is 0 Å². The van der Waals surface area contributed by atoms with Crippen LogP contribution in [0.1, 0.15) is 20.3 Å². The van der Waals surface area contributed by atoms with E-state index < -0.39 is 0 Å². The van der Waals surface area contributed by atoms with Crippen molar-refractivity contribution in [3.63, 3.8) is 0 Å². The van der Waals surface area contributed by atoms with E-state index in [9.17, 15) is 0 Å². The molecule has 5 heteroatoms. The molecule has 3 nitrogen and oxygen atoms in total. The van der Waals surface area contributed by atoms with Crippen molar-refractivity contribution in [3.8, 4) is 0 Å². The van der Waals surface area contributed by atoms with Crippen molar-refractivity contribution in [1.29, 1.82) is 0 Å². The molecule has 0 saturated carbocycles. The Morgan fingerprint density at radius 1 is 1.67 bits per heavy atom. The van der Waals surface area contributed by atoms with Gasteiger partial charge in [0.25, 0.3) is 0 Å². The van der Waals surface area contributed by atoms with Crippen LogP contribution in [0.25, 0.3) is 0 Å². The first-order chi connectivity index (χ1) is 7.00. The Morgan fingerprint density at radius 2 is 2.33 bits per heavy atom. The Labute approximate surface area is 104 Å². The van der Waals surface area contributed by atoms with Crippen LogP contribution in [0.15, 0.2) is 16.7 Å². The molecule has 1 atom stereocenters. The predicted molar refractivity (Wildman–Crippen MR) is 68.3 cm³/mol. The van der Waals surface area contributed by atoms with Crippen LogP contribution in [0, 0.1) is 0 Å². The van der Waals surface area contributed by atoms with Crippen molar-refractivity contribution in [2.75, 3.05) is 11.9 Å². The number of pyridine rings is 1. The quantitative estimate of drug-likeness (QED) is 0.897. The van der Waals surface area contributed by atoms with Gasteiger partial charge >= 0.3 is 0 Å². The third-order valence-electron chi connectivity index (χ3n) is 2.46. The molecule has 15 heavy (non-hydrogen) atoms. The molecule has 1 rings (SSSR count). The molecule has 1 unspecified atom stereocenters. The first-order valence-electron chi connectivity index (χ1n) is 4.80. The van der Waals surface area contributed by atoms with Crippen LogP contribution in [0.4, 0.5) is 5.82 Å². The first kappa shape index (κ1) is 12.7. The molecule has 0 saturated heterocycles. The molecule has 3 N–H and O–H groups in total. The van der Waals surface area contributed by atoms with Gasteiger partial charge in [-0.25, -0.2) is 4.98 Å². The molecule has 0 aliphatic heterocycles. The molecule has 1 heterocycles. The van der Waals surface area contributed by atoms with Gasteiger partial charge in [0, 0.05) is 22.8 Å². The molecule has 0 aliphatic rings. The van der Waals surface area contributed by atoms with E-state index in [2.05, 4.69) is 33.2 Å². The Bertz CT molecular complexity index is 339. The third-order valence-corrected chi connectivity index (χ3v) is 3.18. The number of nitrogens with two attached hydrogens (primary N) is 1. The lowest BCUT2D eigenvalue weighted by molar-refractivity contribution is 0.504. The van der Waals surface area contributed by atoms with Gasteiger partial charge in [-0.2, -0.15) is 0 Å². The van der Waals surface area contributed by atoms with Crippen molar-refractivity contribution < 1.29 is 0 Å². The Hall–Kier alpha value is -0.320. The van der Waals surface area contributed by atoms with Crippen molar-refractivity contribution in [2.24, 2.45) is 5.73 Å². The summed E-state index contributed by atoms with van der Waals surface area (Å²) in [4.78, 5) is 4.21. The summed E-state index contributed by atoms with van der Waals surface area (Å²) in [5, 5.41) is 3.86. The maximum absolute atomic E-state index is 6.05. The number of nitrogens with zero attached hydrogens (tertiary/aromatic N) is 1. The van der Waals surface area contributed by atoms with E-state index in [-0.39, 0.29) is 5.54 Å². The molecular weight excluding hydrogens is 277 g/mol. The number of hydrogen-bond acceptors (Lipinski definition) is 3. The maximum atomic E-state index is 6.05. The fraction of sp³-hybridized carbons (Fsp3) is 0.500. The molecular formula is C10H15BrClN3. The van der Waals surface area contributed by atoms with Gasteiger partial charge in [-0.1, -0.05) is 18.5 Å². The summed E-state index contributed by atoms with van der Waals surface area (Å²) >= 11 is 9.36. The van der Waals surface area contributed by atoms with Crippen LogP contribution in [0.5, 0.6) is 0 Å². The zero-order chi connectivity index (χ0) is 11.5. The third kappa shape index (κ3) is 3.33. The van der Waals surface area contributed by atoms with Gasteiger partial charge in [0.05, 0.1) is 5.02 Å². The van der Waals surface area contributed by atoms with E-state index in [4.69, 9.17) is 17.3 Å². The number of hydrogen-bond donors (Lipinski definition) is 2. The molecule has 1 aromatic heterocycles. The Balaban J connectivity index is 2.89. The average molecular weight is 293 g/mol. The van der Waals surface area contributed by atoms with E-state index in [0.717, 1.165) is 10.9 Å². The fourth-order valence-electron chi connectivity index (χ4n) is 1.08. The van der Waals surface area contributed by atoms with Crippen molar-refractivity contribution >= 4 is 33.3 Å². The zero-order valence-corrected chi connectivity index (χ0v) is 11.2. The lowest BCUT2D eigenvalue weighted by Crippen LogP contribution is -2.42. The Kier molecular flexibility index (Phi) is 4.37. The Morgan fingerprint density at radius 3 is 2.80 bits per heavy atom. The van der Waals surface area contributed by atoms with E-state index in [1.165, 1.54) is 0 Å². The number of rotatable bonds is 4. The second kappa shape index (κ2) is 5.14. The maximum Gasteiger partial charge on any atom is 0.145 e. The summed E-state index contributed by atoms with van der Waals surface area (Å²) < 4.78 is 0.865. The molecule has 0 radical (unpaired) electrons. The van der Waals surface area contributed by atoms with Crippen molar-refractivity contribution in [3.05, 3.63) is 21.8 Å². The first-order valence-corrected chi connectivity index (χ1v) is 5.97. The number of halogens is 2. The minimum Gasteiger partial charge on any atom is -0.362 e. The van der Waals surface area contributed by atoms with Gasteiger partial charge in [0.1, 0.15) is 5.82 Å². The zero-order valence-electron chi connectivity index (χ0n) is 8.85. The monoisotopic (exact) mass is 291 g/mol. The number of nitrogens with one attached hydrogen (secondary N) is 1. The van der Waals surface area contributed by atoms with Crippen LogP contribution >= 0.6 is 27.5 Å². The molecule has 1 aromatic rings. The van der Waals surface area contributed by atoms with E-state index >= 15 is 0 Å². The normalized spacial score (nSPS) is 14.7. The van der Waals surface area contributed by atoms with Crippen LogP contribution in [0.2, 0.25) is 5.02 Å². The molecule has 0 aliphatic carbocycles. The highest BCUT2D eigenvalue weighted by Gasteiger charge is 2.21. The lowest BCUT2D eigenvalue weighted by atomic mass is 9.99. The van der Waals surface area contributed by atoms with E-state index in [1.807, 2.05) is 13.0 Å². The second-order valence-corrected chi connectivity index (χ2v) is 5.05. The minimum absolute atomic E-state index is 0.162. The standard InChI is InChI=1S/C10H15BrClN3/c1-3-10(2,6-13)15-9-8(12)4-7(11)5-14-9/h4-5H,3,6,13H2,1-2H3,(H,14,15). The van der Waals surface area contributed by atoms with Gasteiger partial charge in [-0.05, 0) is 35.3 Å². The number of aromatic nitrogens is 1. The average Bonchev–Trinajstić information content (AvgIpc) is 2.22. The highest BCUT2D eigenvalue weighted by Crippen LogP contribution is 2.26. The largest absolute Gasteiger partial charge is 0.362 e. The molecule has 0 spiro atoms. The summed E-state index contributed by atoms with van der Waals surface area (Å²) in [5.41, 5.74) is 5.54. The van der Waals surface area contributed by atoms with Crippen LogP contribution in [-0.4, -0.2) is 17.1 Å². The predicted octanol–water partition coefficient (Wildman–Crippen LogP) is 3.04. The van der Waals surface area contributed by atoms with Gasteiger partial charge in [-0.3, -0.25) is 0 Å². The molecule has 0 aromatic carbocycles. The summed E-state index contributed by atoms with van der Waals surface area (Å²) in [7, 11) is 0. The molecule has 0 fully saturated rings. The van der Waals surface area contributed by atoms with Gasteiger partial charge in [0.2, 0.25) is 0 Å². The SMILES string of the molecule is CCC(C)(CN)Nc1ncc(Br)cc1Cl. The molecule has 0 amide bonds. The highest BCUT2D eigenvalue weighted by molar-refractivity contribution is 9.10. The minimum atomic E-state index is -0.162. The van der Waals surface area contributed by atoms with Crippen LogP contribution in [-0.2, 0) is 0 Å². The topological polar surface area (TPSA) is 50.9 Å². The van der Waals surface area contributed by atoms with Crippen molar-refractivity contribution in [2.45, 2.75) is 25.8 Å². The van der Waals surface area contributed by atoms with Gasteiger partial charge < -0.3 is 11.1 Å². The summed E-state index contributed by atoms with van der Waals surface area (Å²) in [5.74, 6) is 0.676. The summed E-state index contributed by atoms with van der Waals surface area (Å²) in [6.45, 7) is 4.66. The van der Waals surface area contributed by atoms with E-state index in [1.54, 1.807) is 6.20 Å².